The number of hydrogen-bond acceptors (Lipinski definition) is 0. The Labute approximate surface area is 240 Å². The first-order valence-electron chi connectivity index (χ1n) is 13.6. The van der Waals surface area contributed by atoms with Crippen LogP contribution in [-0.4, -0.2) is 4.31 Å². The first-order valence-corrected chi connectivity index (χ1v) is 18.8. The summed E-state index contributed by atoms with van der Waals surface area (Å²) in [6.45, 7) is 24.4. The zero-order valence-corrected chi connectivity index (χ0v) is 27.8. The fourth-order valence-corrected chi connectivity index (χ4v) is 4.67. The van der Waals surface area contributed by atoms with Gasteiger partial charge in [-0.05, 0) is 23.7 Å². The SMILES string of the molecule is C[CH]=[Ti]([Cl])[Cl].Cc1cc2c(C(C)C)cc(C(C)C)cc2[cH-]1.Cc1cc2c(C(C)C)cc(C(C)C)cc2[cH-]1. The maximum atomic E-state index is 5.34. The van der Waals surface area contributed by atoms with Crippen molar-refractivity contribution in [1.82, 2.24) is 0 Å². The normalized spacial score (nSPS) is 11.3. The van der Waals surface area contributed by atoms with Gasteiger partial charge in [-0.25, -0.2) is 0 Å². The number of rotatable bonds is 4. The van der Waals surface area contributed by atoms with Crippen LogP contribution in [0, 0.1) is 13.8 Å². The van der Waals surface area contributed by atoms with E-state index in [9.17, 15) is 0 Å². The van der Waals surface area contributed by atoms with E-state index in [1.165, 1.54) is 54.9 Å². The van der Waals surface area contributed by atoms with Crippen LogP contribution in [0.3, 0.4) is 0 Å². The maximum Gasteiger partial charge on any atom is -0.0306 e. The minimum absolute atomic E-state index is 0.600. The van der Waals surface area contributed by atoms with Crippen LogP contribution in [0.5, 0.6) is 0 Å². The molecule has 0 bridgehead atoms. The second kappa shape index (κ2) is 14.3. The summed E-state index contributed by atoms with van der Waals surface area (Å²) in [5, 5.41) is 5.70. The van der Waals surface area contributed by atoms with E-state index in [1.807, 2.05) is 11.2 Å². The molecule has 0 radical (unpaired) electrons. The third kappa shape index (κ3) is 8.93. The first kappa shape index (κ1) is 32.0. The van der Waals surface area contributed by atoms with E-state index in [1.54, 1.807) is 0 Å². The van der Waals surface area contributed by atoms with E-state index >= 15 is 0 Å². The van der Waals surface area contributed by atoms with E-state index in [0.717, 1.165) is 0 Å². The molecule has 0 aliphatic rings. The van der Waals surface area contributed by atoms with Gasteiger partial charge in [0.15, 0.2) is 0 Å². The average molecular weight is 574 g/mol. The molecular formula is C34H46Cl2Ti-2. The van der Waals surface area contributed by atoms with Crippen molar-refractivity contribution in [2.45, 2.75) is 99.8 Å². The molecule has 0 heterocycles. The van der Waals surface area contributed by atoms with Crippen molar-refractivity contribution < 1.29 is 15.3 Å². The first-order chi connectivity index (χ1) is 17.2. The molecule has 4 aromatic carbocycles. The second-order valence-corrected chi connectivity index (χ2v) is 17.5. The van der Waals surface area contributed by atoms with Gasteiger partial charge in [0.1, 0.15) is 0 Å². The van der Waals surface area contributed by atoms with Crippen molar-refractivity contribution in [3.63, 3.8) is 0 Å². The van der Waals surface area contributed by atoms with Crippen LogP contribution in [0.4, 0.5) is 0 Å². The van der Waals surface area contributed by atoms with Gasteiger partial charge in [0.05, 0.1) is 0 Å². The Bertz CT molecular complexity index is 1230. The number of benzene rings is 2. The third-order valence-corrected chi connectivity index (χ3v) is 9.32. The van der Waals surface area contributed by atoms with Gasteiger partial charge in [0.25, 0.3) is 0 Å². The number of hydrogen-bond donors (Lipinski definition) is 0. The summed E-state index contributed by atoms with van der Waals surface area (Å²) in [7, 11) is 10.7. The van der Waals surface area contributed by atoms with Crippen LogP contribution in [-0.2, 0) is 15.3 Å². The molecule has 0 amide bonds. The van der Waals surface area contributed by atoms with Crippen LogP contribution in [0.2, 0.25) is 0 Å². The van der Waals surface area contributed by atoms with Gasteiger partial charge in [-0.1, -0.05) is 104 Å². The van der Waals surface area contributed by atoms with Crippen LogP contribution < -0.4 is 0 Å². The van der Waals surface area contributed by atoms with Gasteiger partial charge < -0.3 is 0 Å². The van der Waals surface area contributed by atoms with E-state index < -0.39 is 15.3 Å². The Morgan fingerprint density at radius 1 is 0.595 bits per heavy atom. The molecule has 0 aliphatic heterocycles. The molecule has 0 unspecified atom stereocenters. The molecule has 0 nitrogen and oxygen atoms in total. The van der Waals surface area contributed by atoms with Crippen molar-refractivity contribution in [1.29, 1.82) is 0 Å². The molecule has 4 rings (SSSR count). The van der Waals surface area contributed by atoms with Crippen LogP contribution in [0.25, 0.3) is 21.5 Å². The molecular weight excluding hydrogens is 527 g/mol. The van der Waals surface area contributed by atoms with Gasteiger partial charge in [0.2, 0.25) is 0 Å². The van der Waals surface area contributed by atoms with Gasteiger partial charge in [-0.3, -0.25) is 0 Å². The largest absolute Gasteiger partial charge is 0.165 e. The van der Waals surface area contributed by atoms with E-state index in [0.29, 0.717) is 23.7 Å². The number of fused-ring (bicyclic) bond motifs is 2. The van der Waals surface area contributed by atoms with Crippen LogP contribution in [0.1, 0.15) is 119 Å². The van der Waals surface area contributed by atoms with Crippen molar-refractivity contribution in [3.8, 4) is 0 Å². The summed E-state index contributed by atoms with van der Waals surface area (Å²) in [6.07, 6.45) is 0. The zero-order valence-electron chi connectivity index (χ0n) is 24.8. The molecule has 0 N–H and O–H groups in total. The fourth-order valence-electron chi connectivity index (χ4n) is 4.67. The van der Waals surface area contributed by atoms with E-state index in [4.69, 9.17) is 18.6 Å². The molecule has 0 saturated heterocycles. The standard InChI is InChI=1S/2C16H21.C2H4.2ClH.Ti/c2*1-10(2)13-8-14-6-12(5)7-16(14)15(9-13)11(3)4;1-2;;;/h2*6-11H,1-5H3;1H,2H3;2*1H;/q2*-1;;;;+2/p-2. The third-order valence-electron chi connectivity index (χ3n) is 6.84. The quantitative estimate of drug-likeness (QED) is 0.168. The maximum absolute atomic E-state index is 5.34. The van der Waals surface area contributed by atoms with Crippen LogP contribution in [0.15, 0.2) is 48.5 Å². The summed E-state index contributed by atoms with van der Waals surface area (Å²) in [4.78, 5) is 0. The summed E-state index contributed by atoms with van der Waals surface area (Å²) in [5.74, 6) is 2.42. The van der Waals surface area contributed by atoms with Gasteiger partial charge >= 0.3 is 45.1 Å². The Kier molecular flexibility index (Phi) is 12.4. The second-order valence-electron chi connectivity index (χ2n) is 11.5. The molecule has 0 aliphatic carbocycles. The molecule has 0 atom stereocenters. The molecule has 4 aromatic rings. The monoisotopic (exact) mass is 572 g/mol. The molecule has 0 saturated carbocycles. The molecule has 3 heteroatoms. The summed E-state index contributed by atoms with van der Waals surface area (Å²) in [5.41, 5.74) is 8.66. The minimum atomic E-state index is -1.54. The molecule has 0 fully saturated rings. The Balaban J connectivity index is 0.000000221. The van der Waals surface area contributed by atoms with Crippen LogP contribution >= 0.6 is 18.6 Å². The summed E-state index contributed by atoms with van der Waals surface area (Å²) in [6, 6.07) is 18.7. The fraction of sp³-hybridized carbons (Fsp3) is 0.441. The number of aryl methyl sites for hydroxylation is 2. The molecule has 37 heavy (non-hydrogen) atoms. The zero-order chi connectivity index (χ0) is 28.0. The van der Waals surface area contributed by atoms with Gasteiger partial charge in [-0.15, -0.1) is 56.9 Å². The van der Waals surface area contributed by atoms with Gasteiger partial charge in [0, 0.05) is 0 Å². The van der Waals surface area contributed by atoms with Crippen molar-refractivity contribution in [3.05, 3.63) is 81.9 Å². The van der Waals surface area contributed by atoms with Crippen molar-refractivity contribution in [2.75, 3.05) is 0 Å². The van der Waals surface area contributed by atoms with Crippen molar-refractivity contribution >= 4 is 44.5 Å². The predicted octanol–water partition coefficient (Wildman–Crippen LogP) is 12.0. The predicted molar refractivity (Wildman–Crippen MR) is 168 cm³/mol. The van der Waals surface area contributed by atoms with E-state index in [-0.39, 0.29) is 0 Å². The minimum Gasteiger partial charge on any atom is -0.165 e. The molecule has 0 spiro atoms. The molecule has 202 valence electrons. The Morgan fingerprint density at radius 3 is 1.16 bits per heavy atom. The van der Waals surface area contributed by atoms with Crippen molar-refractivity contribution in [2.24, 2.45) is 0 Å². The summed E-state index contributed by atoms with van der Waals surface area (Å²) >= 11 is -1.54. The average Bonchev–Trinajstić information content (AvgIpc) is 3.38. The number of halogens is 2. The summed E-state index contributed by atoms with van der Waals surface area (Å²) < 4.78 is 1.86. The van der Waals surface area contributed by atoms with E-state index in [2.05, 4.69) is 118 Å². The Morgan fingerprint density at radius 2 is 0.919 bits per heavy atom. The molecule has 0 aromatic heterocycles. The Hall–Kier alpha value is -1.18. The smallest absolute Gasteiger partial charge is 0.0306 e. The topological polar surface area (TPSA) is 0 Å². The van der Waals surface area contributed by atoms with Gasteiger partial charge in [-0.2, -0.15) is 12.1 Å².